The van der Waals surface area contributed by atoms with E-state index < -0.39 is 5.97 Å². The molecule has 0 aromatic carbocycles. The lowest BCUT2D eigenvalue weighted by Crippen LogP contribution is -2.32. The monoisotopic (exact) mass is 310 g/mol. The quantitative estimate of drug-likeness (QED) is 0.818. The normalized spacial score (nSPS) is 17.6. The van der Waals surface area contributed by atoms with Gasteiger partial charge in [-0.1, -0.05) is 6.92 Å². The first-order chi connectivity index (χ1) is 10.1. The van der Waals surface area contributed by atoms with Gasteiger partial charge in [-0.2, -0.15) is 0 Å². The van der Waals surface area contributed by atoms with Gasteiger partial charge in [0, 0.05) is 13.2 Å². The molecule has 2 rings (SSSR count). The Kier molecular flexibility index (Phi) is 5.90. The summed E-state index contributed by atoms with van der Waals surface area (Å²) in [5.41, 5.74) is 0.820. The summed E-state index contributed by atoms with van der Waals surface area (Å²) in [6.07, 6.45) is 5.24. The highest BCUT2D eigenvalue weighted by molar-refractivity contribution is 7.12. The highest BCUT2D eigenvalue weighted by Crippen LogP contribution is 2.24. The third-order valence-corrected chi connectivity index (χ3v) is 4.71. The number of methoxy groups -OCH3 is 1. The van der Waals surface area contributed by atoms with Gasteiger partial charge in [0.05, 0.1) is 23.7 Å². The average molecular weight is 310 g/mol. The van der Waals surface area contributed by atoms with Crippen LogP contribution in [-0.4, -0.2) is 41.2 Å². The molecule has 1 N–H and O–H groups in total. The zero-order chi connectivity index (χ0) is 15.2. The predicted octanol–water partition coefficient (Wildman–Crippen LogP) is 2.62. The highest BCUT2D eigenvalue weighted by Gasteiger charge is 2.18. The molecule has 0 radical (unpaired) electrons. The van der Waals surface area contributed by atoms with Crippen molar-refractivity contribution in [3.05, 3.63) is 21.7 Å². The number of carboxylic acid groups (broad SMARTS) is 1. The molecule has 1 aliphatic rings. The minimum absolute atomic E-state index is 0.410. The lowest BCUT2D eigenvalue weighted by atomic mass is 9.99. The molecule has 0 saturated carbocycles. The second-order valence-electron chi connectivity index (χ2n) is 5.48. The Hall–Kier alpha value is -1.24. The van der Waals surface area contributed by atoms with Gasteiger partial charge in [0.1, 0.15) is 5.01 Å². The molecule has 1 fully saturated rings. The van der Waals surface area contributed by atoms with Gasteiger partial charge in [-0.15, -0.1) is 11.3 Å². The van der Waals surface area contributed by atoms with Gasteiger partial charge >= 0.3 is 5.97 Å². The van der Waals surface area contributed by atoms with E-state index in [9.17, 15) is 4.79 Å². The second kappa shape index (κ2) is 7.68. The van der Waals surface area contributed by atoms with Gasteiger partial charge in [-0.05, 0) is 37.9 Å². The summed E-state index contributed by atoms with van der Waals surface area (Å²) in [5, 5.41) is 9.78. The summed E-state index contributed by atoms with van der Waals surface area (Å²) in [5.74, 6) is -0.131. The van der Waals surface area contributed by atoms with Crippen LogP contribution in [0.1, 0.15) is 35.3 Å². The van der Waals surface area contributed by atoms with Crippen LogP contribution in [0.4, 0.5) is 0 Å². The molecule has 1 saturated heterocycles. The van der Waals surface area contributed by atoms with E-state index in [1.54, 1.807) is 24.5 Å². The molecule has 1 aromatic heterocycles. The van der Waals surface area contributed by atoms with E-state index in [4.69, 9.17) is 9.84 Å². The van der Waals surface area contributed by atoms with Crippen molar-refractivity contribution in [2.45, 2.75) is 32.9 Å². The molecule has 1 aromatic rings. The van der Waals surface area contributed by atoms with Crippen LogP contribution in [0.5, 0.6) is 0 Å². The van der Waals surface area contributed by atoms with E-state index in [0.29, 0.717) is 6.61 Å². The lowest BCUT2D eigenvalue weighted by molar-refractivity contribution is -0.131. The standard InChI is InChI=1S/C15H22N2O3S/c1-11-5-7-17(8-6-11)9-14-16-12(10-20-2)13(21-14)3-4-15(18)19/h3-4,11H,5-10H2,1-2H3,(H,18,19)/b4-3+. The molecule has 1 aliphatic heterocycles. The third kappa shape index (κ3) is 4.91. The number of likely N-dealkylation sites (tertiary alicyclic amines) is 1. The molecule has 0 unspecified atom stereocenters. The van der Waals surface area contributed by atoms with Crippen molar-refractivity contribution in [1.82, 2.24) is 9.88 Å². The first kappa shape index (κ1) is 16.1. The Morgan fingerprint density at radius 3 is 2.86 bits per heavy atom. The van der Waals surface area contributed by atoms with Gasteiger partial charge < -0.3 is 9.84 Å². The van der Waals surface area contributed by atoms with E-state index in [1.165, 1.54) is 12.8 Å². The van der Waals surface area contributed by atoms with E-state index in [-0.39, 0.29) is 0 Å². The summed E-state index contributed by atoms with van der Waals surface area (Å²) in [4.78, 5) is 18.5. The molecular weight excluding hydrogens is 288 g/mol. The van der Waals surface area contributed by atoms with Crippen LogP contribution < -0.4 is 0 Å². The number of thiazole rings is 1. The van der Waals surface area contributed by atoms with Crippen molar-refractivity contribution in [3.63, 3.8) is 0 Å². The first-order valence-corrected chi connectivity index (χ1v) is 8.01. The zero-order valence-corrected chi connectivity index (χ0v) is 13.4. The molecular formula is C15H22N2O3S. The summed E-state index contributed by atoms with van der Waals surface area (Å²) in [7, 11) is 1.62. The summed E-state index contributed by atoms with van der Waals surface area (Å²) >= 11 is 1.55. The predicted molar refractivity (Wildman–Crippen MR) is 83.2 cm³/mol. The number of aromatic nitrogens is 1. The molecule has 6 heteroatoms. The smallest absolute Gasteiger partial charge is 0.328 e. The molecule has 0 bridgehead atoms. The van der Waals surface area contributed by atoms with E-state index >= 15 is 0 Å². The molecule has 0 aliphatic carbocycles. The Morgan fingerprint density at radius 2 is 2.24 bits per heavy atom. The van der Waals surface area contributed by atoms with Gasteiger partial charge in [-0.3, -0.25) is 4.90 Å². The maximum absolute atomic E-state index is 10.7. The maximum Gasteiger partial charge on any atom is 0.328 e. The second-order valence-corrected chi connectivity index (χ2v) is 6.60. The molecule has 21 heavy (non-hydrogen) atoms. The highest BCUT2D eigenvalue weighted by atomic mass is 32.1. The van der Waals surface area contributed by atoms with Crippen LogP contribution in [0.3, 0.4) is 0 Å². The van der Waals surface area contributed by atoms with Crippen molar-refractivity contribution in [3.8, 4) is 0 Å². The number of nitrogens with zero attached hydrogens (tertiary/aromatic N) is 2. The number of hydrogen-bond acceptors (Lipinski definition) is 5. The number of carboxylic acids is 1. The maximum atomic E-state index is 10.7. The fourth-order valence-electron chi connectivity index (χ4n) is 2.41. The van der Waals surface area contributed by atoms with Crippen molar-refractivity contribution < 1.29 is 14.6 Å². The number of piperidine rings is 1. The Balaban J connectivity index is 2.05. The van der Waals surface area contributed by atoms with Crippen LogP contribution in [-0.2, 0) is 22.7 Å². The fraction of sp³-hybridized carbons (Fsp3) is 0.600. The fourth-order valence-corrected chi connectivity index (χ4v) is 3.43. The van der Waals surface area contributed by atoms with Crippen LogP contribution in [0.15, 0.2) is 6.08 Å². The lowest BCUT2D eigenvalue weighted by Gasteiger charge is -2.29. The average Bonchev–Trinajstić information content (AvgIpc) is 2.81. The van der Waals surface area contributed by atoms with Crippen molar-refractivity contribution in [1.29, 1.82) is 0 Å². The number of rotatable bonds is 6. The number of aliphatic carboxylic acids is 1. The number of ether oxygens (including phenoxy) is 1. The van der Waals surface area contributed by atoms with E-state index in [0.717, 1.165) is 47.2 Å². The molecule has 0 spiro atoms. The Labute approximate surface area is 129 Å². The first-order valence-electron chi connectivity index (χ1n) is 7.19. The van der Waals surface area contributed by atoms with Crippen LogP contribution in [0.25, 0.3) is 6.08 Å². The van der Waals surface area contributed by atoms with Crippen LogP contribution >= 0.6 is 11.3 Å². The molecule has 5 nitrogen and oxygen atoms in total. The summed E-state index contributed by atoms with van der Waals surface area (Å²) < 4.78 is 5.14. The van der Waals surface area contributed by atoms with Crippen LogP contribution in [0.2, 0.25) is 0 Å². The summed E-state index contributed by atoms with van der Waals surface area (Å²) in [6.45, 7) is 5.77. The topological polar surface area (TPSA) is 62.7 Å². The Bertz CT molecular complexity index is 505. The summed E-state index contributed by atoms with van der Waals surface area (Å²) in [6, 6.07) is 0. The molecule has 0 atom stereocenters. The minimum atomic E-state index is -0.946. The number of carbonyl (C=O) groups is 1. The van der Waals surface area contributed by atoms with Gasteiger partial charge in [0.15, 0.2) is 0 Å². The SMILES string of the molecule is COCc1nc(CN2CCC(C)CC2)sc1/C=C/C(=O)O. The molecule has 116 valence electrons. The minimum Gasteiger partial charge on any atom is -0.478 e. The largest absolute Gasteiger partial charge is 0.478 e. The Morgan fingerprint density at radius 1 is 1.52 bits per heavy atom. The third-order valence-electron chi connectivity index (χ3n) is 3.67. The van der Waals surface area contributed by atoms with Gasteiger partial charge in [0.25, 0.3) is 0 Å². The molecule has 2 heterocycles. The van der Waals surface area contributed by atoms with E-state index in [1.807, 2.05) is 0 Å². The van der Waals surface area contributed by atoms with Crippen molar-refractivity contribution in [2.24, 2.45) is 5.92 Å². The zero-order valence-electron chi connectivity index (χ0n) is 12.5. The van der Waals surface area contributed by atoms with E-state index in [2.05, 4.69) is 16.8 Å². The van der Waals surface area contributed by atoms with Crippen molar-refractivity contribution >= 4 is 23.4 Å². The number of hydrogen-bond donors (Lipinski definition) is 1. The van der Waals surface area contributed by atoms with Gasteiger partial charge in [-0.25, -0.2) is 9.78 Å². The van der Waals surface area contributed by atoms with Crippen LogP contribution in [0, 0.1) is 5.92 Å². The van der Waals surface area contributed by atoms with Crippen molar-refractivity contribution in [2.75, 3.05) is 20.2 Å². The van der Waals surface area contributed by atoms with Gasteiger partial charge in [0.2, 0.25) is 0 Å². The molecule has 0 amide bonds.